The van der Waals surface area contributed by atoms with Crippen LogP contribution in [0, 0.1) is 0 Å². The van der Waals surface area contributed by atoms with Crippen molar-refractivity contribution >= 4 is 7.32 Å². The molecule has 5 heteroatoms. The van der Waals surface area contributed by atoms with E-state index in [-0.39, 0.29) is 21.7 Å². The molecule has 0 bridgehead atoms. The minimum absolute atomic E-state index is 0. The van der Waals surface area contributed by atoms with Gasteiger partial charge in [-0.1, -0.05) is 0 Å². The summed E-state index contributed by atoms with van der Waals surface area (Å²) in [6.45, 7) is 0. The van der Waals surface area contributed by atoms with E-state index in [1.807, 2.05) is 0 Å². The van der Waals surface area contributed by atoms with E-state index in [0.29, 0.717) is 0 Å². The first kappa shape index (κ1) is 9.17. The average molecular weight is 110 g/mol. The molecule has 3 nitrogen and oxygen atoms in total. The molecular weight excluding hydrogens is 107 g/mol. The summed E-state index contributed by atoms with van der Waals surface area (Å²) in [5, 5.41) is 21.5. The topological polar surface area (TPSA) is 60.7 Å². The summed E-state index contributed by atoms with van der Waals surface area (Å²) in [5.74, 6) is 0. The van der Waals surface area contributed by atoms with Gasteiger partial charge in [0, 0.05) is 21.7 Å². The molecule has 0 heterocycles. The second kappa shape index (κ2) is 4.66. The van der Waals surface area contributed by atoms with E-state index < -0.39 is 7.32 Å². The third-order valence-electron chi connectivity index (χ3n) is 0. The van der Waals surface area contributed by atoms with Crippen molar-refractivity contribution < 1.29 is 36.8 Å². The first-order valence-electron chi connectivity index (χ1n) is 0.775. The van der Waals surface area contributed by atoms with Gasteiger partial charge in [-0.2, -0.15) is 0 Å². The van der Waals surface area contributed by atoms with Crippen LogP contribution in [0.3, 0.4) is 0 Å². The second-order valence-electron chi connectivity index (χ2n) is 0.346. The summed E-state index contributed by atoms with van der Waals surface area (Å²) < 4.78 is 0. The number of rotatable bonds is 0. The Labute approximate surface area is 44.7 Å². The van der Waals surface area contributed by atoms with Crippen LogP contribution in [0.2, 0.25) is 0 Å². The summed E-state index contributed by atoms with van der Waals surface area (Å²) in [6, 6.07) is 0. The molecular formula is H3BO3Ti. The van der Waals surface area contributed by atoms with E-state index in [4.69, 9.17) is 15.1 Å². The number of hydrogen-bond donors (Lipinski definition) is 3. The third-order valence-corrected chi connectivity index (χ3v) is 0. The molecule has 0 aromatic rings. The van der Waals surface area contributed by atoms with Gasteiger partial charge in [0.15, 0.2) is 0 Å². The molecule has 0 radical (unpaired) electrons. The van der Waals surface area contributed by atoms with Crippen molar-refractivity contribution in [3.05, 3.63) is 0 Å². The van der Waals surface area contributed by atoms with Gasteiger partial charge in [-0.25, -0.2) is 0 Å². The van der Waals surface area contributed by atoms with E-state index in [1.165, 1.54) is 0 Å². The van der Waals surface area contributed by atoms with E-state index >= 15 is 0 Å². The summed E-state index contributed by atoms with van der Waals surface area (Å²) in [5.41, 5.74) is 0. The zero-order chi connectivity index (χ0) is 3.58. The molecule has 0 saturated carbocycles. The molecule has 3 N–H and O–H groups in total. The Kier molecular flexibility index (Phi) is 8.55. The fourth-order valence-corrected chi connectivity index (χ4v) is 0. The van der Waals surface area contributed by atoms with E-state index in [9.17, 15) is 0 Å². The van der Waals surface area contributed by atoms with Crippen molar-refractivity contribution in [3.8, 4) is 0 Å². The van der Waals surface area contributed by atoms with Gasteiger partial charge in [-0.15, -0.1) is 0 Å². The van der Waals surface area contributed by atoms with Crippen LogP contribution in [0.4, 0.5) is 0 Å². The molecule has 0 aromatic carbocycles. The molecule has 28 valence electrons. The Bertz CT molecular complexity index is 11.6. The van der Waals surface area contributed by atoms with E-state index in [1.54, 1.807) is 0 Å². The van der Waals surface area contributed by atoms with Gasteiger partial charge in [0.25, 0.3) is 0 Å². The van der Waals surface area contributed by atoms with Crippen molar-refractivity contribution in [2.75, 3.05) is 0 Å². The van der Waals surface area contributed by atoms with Gasteiger partial charge in [-0.3, -0.25) is 0 Å². The predicted molar refractivity (Wildman–Crippen MR) is 12.4 cm³/mol. The maximum Gasteiger partial charge on any atom is 0.631 e. The van der Waals surface area contributed by atoms with Crippen molar-refractivity contribution in [3.63, 3.8) is 0 Å². The van der Waals surface area contributed by atoms with Crippen LogP contribution in [0.15, 0.2) is 0 Å². The monoisotopic (exact) mass is 110 g/mol. The minimum Gasteiger partial charge on any atom is -0.402 e. The van der Waals surface area contributed by atoms with E-state index in [0.717, 1.165) is 0 Å². The predicted octanol–water partition coefficient (Wildman–Crippen LogP) is -2.05. The minimum atomic E-state index is -2.17. The zero-order valence-corrected chi connectivity index (χ0v) is 3.98. The molecule has 0 aliphatic carbocycles. The molecule has 0 aromatic heterocycles. The quantitative estimate of drug-likeness (QED) is 0.314. The third kappa shape index (κ3) is 75.8. The molecule has 0 amide bonds. The van der Waals surface area contributed by atoms with Gasteiger partial charge in [0.1, 0.15) is 0 Å². The summed E-state index contributed by atoms with van der Waals surface area (Å²) in [7, 11) is -2.17. The molecule has 0 atom stereocenters. The van der Waals surface area contributed by atoms with Crippen LogP contribution in [0.1, 0.15) is 0 Å². The normalized spacial score (nSPS) is 5.40. The van der Waals surface area contributed by atoms with Crippen LogP contribution < -0.4 is 0 Å². The summed E-state index contributed by atoms with van der Waals surface area (Å²) in [4.78, 5) is 0. The first-order chi connectivity index (χ1) is 1.73. The summed E-state index contributed by atoms with van der Waals surface area (Å²) >= 11 is 0. The molecule has 0 aliphatic heterocycles. The second-order valence-corrected chi connectivity index (χ2v) is 0.346. The largest absolute Gasteiger partial charge is 0.631 e. The molecule has 0 saturated heterocycles. The van der Waals surface area contributed by atoms with Crippen molar-refractivity contribution in [2.24, 2.45) is 0 Å². The Balaban J connectivity index is 0. The molecule has 0 unspecified atom stereocenters. The van der Waals surface area contributed by atoms with Crippen molar-refractivity contribution in [1.82, 2.24) is 0 Å². The van der Waals surface area contributed by atoms with Gasteiger partial charge >= 0.3 is 7.32 Å². The fourth-order valence-electron chi connectivity index (χ4n) is 0. The van der Waals surface area contributed by atoms with Gasteiger partial charge in [-0.05, 0) is 0 Å². The van der Waals surface area contributed by atoms with Crippen LogP contribution in [-0.2, 0) is 21.7 Å². The fraction of sp³-hybridized carbons (Fsp3) is 0. The van der Waals surface area contributed by atoms with Crippen LogP contribution >= 0.6 is 0 Å². The Morgan fingerprint density at radius 1 is 1.00 bits per heavy atom. The Morgan fingerprint density at radius 3 is 1.00 bits per heavy atom. The van der Waals surface area contributed by atoms with Gasteiger partial charge in [0.2, 0.25) is 0 Å². The van der Waals surface area contributed by atoms with Crippen molar-refractivity contribution in [2.45, 2.75) is 0 Å². The molecule has 0 fully saturated rings. The molecule has 5 heavy (non-hydrogen) atoms. The standard InChI is InChI=1S/BH3O3.Ti/c2-1(3)4;/h2-4H;. The Hall–Kier alpha value is 0.659. The van der Waals surface area contributed by atoms with Crippen molar-refractivity contribution in [1.29, 1.82) is 0 Å². The maximum atomic E-state index is 7.17. The van der Waals surface area contributed by atoms with Crippen LogP contribution in [0.5, 0.6) is 0 Å². The first-order valence-corrected chi connectivity index (χ1v) is 0.775. The molecule has 0 aliphatic rings. The zero-order valence-electron chi connectivity index (χ0n) is 2.42. The maximum absolute atomic E-state index is 7.17. The number of hydrogen-bond acceptors (Lipinski definition) is 3. The Morgan fingerprint density at radius 2 is 1.00 bits per heavy atom. The molecule has 0 rings (SSSR count). The van der Waals surface area contributed by atoms with Crippen LogP contribution in [0.25, 0.3) is 0 Å². The smallest absolute Gasteiger partial charge is 0.402 e. The SMILES string of the molecule is OB(O)O.[Ti]. The molecule has 0 spiro atoms. The average Bonchev–Trinajstić information content (AvgIpc) is 0.811. The summed E-state index contributed by atoms with van der Waals surface area (Å²) in [6.07, 6.45) is 0. The van der Waals surface area contributed by atoms with Crippen LogP contribution in [-0.4, -0.2) is 22.4 Å². The van der Waals surface area contributed by atoms with E-state index in [2.05, 4.69) is 0 Å². The van der Waals surface area contributed by atoms with Gasteiger partial charge in [0.05, 0.1) is 0 Å². The van der Waals surface area contributed by atoms with Gasteiger partial charge < -0.3 is 15.1 Å².